The summed E-state index contributed by atoms with van der Waals surface area (Å²) in [6, 6.07) is 5.14. The van der Waals surface area contributed by atoms with Gasteiger partial charge in [0.1, 0.15) is 23.4 Å². The highest BCUT2D eigenvalue weighted by Crippen LogP contribution is 2.39. The maximum absolute atomic E-state index is 15.0. The van der Waals surface area contributed by atoms with Crippen molar-refractivity contribution in [3.63, 3.8) is 0 Å². The van der Waals surface area contributed by atoms with Gasteiger partial charge in [0, 0.05) is 36.8 Å². The number of anilines is 1. The van der Waals surface area contributed by atoms with Crippen molar-refractivity contribution in [2.24, 2.45) is 5.92 Å². The molecule has 0 spiro atoms. The Labute approximate surface area is 193 Å². The van der Waals surface area contributed by atoms with E-state index in [2.05, 4.69) is 9.97 Å². The van der Waals surface area contributed by atoms with Gasteiger partial charge in [-0.15, -0.1) is 0 Å². The molecular formula is C24H24F3N3O4. The van der Waals surface area contributed by atoms with Crippen LogP contribution in [0.25, 0.3) is 22.3 Å². The first-order chi connectivity index (χ1) is 16.5. The molecule has 4 heterocycles. The number of hydrogen-bond donors (Lipinski definition) is 2. The summed E-state index contributed by atoms with van der Waals surface area (Å²) in [6.45, 7) is 2.29. The average Bonchev–Trinajstić information content (AvgIpc) is 3.51. The average molecular weight is 475 g/mol. The molecule has 2 N–H and O–H groups in total. The second-order valence-electron chi connectivity index (χ2n) is 9.03. The number of H-pyrrole nitrogens is 1. The van der Waals surface area contributed by atoms with Gasteiger partial charge in [0.2, 0.25) is 0 Å². The molecule has 1 saturated carbocycles. The van der Waals surface area contributed by atoms with Crippen LogP contribution >= 0.6 is 0 Å². The van der Waals surface area contributed by atoms with Gasteiger partial charge in [-0.1, -0.05) is 0 Å². The van der Waals surface area contributed by atoms with E-state index in [4.69, 9.17) is 14.2 Å². The van der Waals surface area contributed by atoms with Crippen molar-refractivity contribution in [1.82, 2.24) is 9.97 Å². The van der Waals surface area contributed by atoms with Crippen LogP contribution in [0.2, 0.25) is 0 Å². The van der Waals surface area contributed by atoms with E-state index in [1.54, 1.807) is 6.07 Å². The van der Waals surface area contributed by atoms with Crippen molar-refractivity contribution in [2.75, 3.05) is 37.8 Å². The van der Waals surface area contributed by atoms with Crippen LogP contribution in [0.15, 0.2) is 24.3 Å². The highest BCUT2D eigenvalue weighted by atomic mass is 19.1. The summed E-state index contributed by atoms with van der Waals surface area (Å²) in [5.41, 5.74) is 0.153. The number of nitrogens with zero attached hydrogens (tertiary/aromatic N) is 2. The van der Waals surface area contributed by atoms with Crippen molar-refractivity contribution in [3.8, 4) is 17.1 Å². The summed E-state index contributed by atoms with van der Waals surface area (Å²) in [5, 5.41) is 9.99. The number of rotatable bonds is 4. The number of morpholine rings is 1. The summed E-state index contributed by atoms with van der Waals surface area (Å²) < 4.78 is 61.9. The molecule has 1 aromatic carbocycles. The van der Waals surface area contributed by atoms with Crippen LogP contribution in [-0.4, -0.2) is 66.3 Å². The maximum Gasteiger partial charge on any atom is 0.193 e. The molecule has 2 aromatic heterocycles. The Hall–Kier alpha value is -2.82. The SMILES string of the molecule is O[C@@H]1CO[C@H]2C1CC[C@H]2Oc1cc2nc(-c3c(F)cc(N4CCOCC4)cc3F)c(F)cc2[nH]1. The molecule has 4 atom stereocenters. The molecule has 0 amide bonds. The summed E-state index contributed by atoms with van der Waals surface area (Å²) in [6.07, 6.45) is 0.587. The molecule has 3 aliphatic rings. The number of aromatic amines is 1. The molecule has 2 saturated heterocycles. The smallest absolute Gasteiger partial charge is 0.193 e. The quantitative estimate of drug-likeness (QED) is 0.602. The standard InChI is InChI=1S/C24H24F3N3O4/c25-14-7-12(30-3-5-32-6-4-30)8-15(26)22(14)23-16(27)9-17-18(29-23)10-21(28-17)34-20-2-1-13-19(31)11-33-24(13)20/h7-10,13,19-20,24,28,31H,1-6,11H2/t13?,19-,20-,24+/m1/s1. The Kier molecular flexibility index (Phi) is 5.39. The molecule has 10 heteroatoms. The van der Waals surface area contributed by atoms with Crippen molar-refractivity contribution in [3.05, 3.63) is 41.7 Å². The number of ether oxygens (including phenoxy) is 3. The first kappa shape index (κ1) is 21.7. The lowest BCUT2D eigenvalue weighted by atomic mass is 10.0. The van der Waals surface area contributed by atoms with Gasteiger partial charge >= 0.3 is 0 Å². The molecule has 180 valence electrons. The van der Waals surface area contributed by atoms with Crippen LogP contribution < -0.4 is 9.64 Å². The Morgan fingerprint density at radius 3 is 2.56 bits per heavy atom. The van der Waals surface area contributed by atoms with Crippen molar-refractivity contribution in [2.45, 2.75) is 31.2 Å². The van der Waals surface area contributed by atoms with Crippen molar-refractivity contribution in [1.29, 1.82) is 0 Å². The van der Waals surface area contributed by atoms with Crippen molar-refractivity contribution >= 4 is 16.7 Å². The monoisotopic (exact) mass is 475 g/mol. The third kappa shape index (κ3) is 3.70. The third-order valence-electron chi connectivity index (χ3n) is 6.98. The number of nitrogens with one attached hydrogen (secondary N) is 1. The molecule has 34 heavy (non-hydrogen) atoms. The van der Waals surface area contributed by atoms with E-state index in [0.29, 0.717) is 55.5 Å². The molecule has 3 fully saturated rings. The topological polar surface area (TPSA) is 79.8 Å². The van der Waals surface area contributed by atoms with Gasteiger partial charge in [-0.25, -0.2) is 18.2 Å². The Bertz CT molecular complexity index is 1210. The lowest BCUT2D eigenvalue weighted by molar-refractivity contribution is 0.0154. The zero-order valence-electron chi connectivity index (χ0n) is 18.3. The largest absolute Gasteiger partial charge is 0.473 e. The van der Waals surface area contributed by atoms with E-state index in [1.165, 1.54) is 12.1 Å². The molecular weight excluding hydrogens is 451 g/mol. The number of aliphatic hydroxyl groups is 1. The first-order valence-corrected chi connectivity index (χ1v) is 11.5. The maximum atomic E-state index is 15.0. The minimum absolute atomic E-state index is 0.0444. The molecule has 3 aromatic rings. The molecule has 7 nitrogen and oxygen atoms in total. The van der Waals surface area contributed by atoms with E-state index in [-0.39, 0.29) is 18.1 Å². The number of hydrogen-bond acceptors (Lipinski definition) is 6. The lowest BCUT2D eigenvalue weighted by Crippen LogP contribution is -2.36. The lowest BCUT2D eigenvalue weighted by Gasteiger charge is -2.29. The first-order valence-electron chi connectivity index (χ1n) is 11.5. The number of halogens is 3. The van der Waals surface area contributed by atoms with E-state index < -0.39 is 34.8 Å². The van der Waals surface area contributed by atoms with E-state index in [9.17, 15) is 18.3 Å². The molecule has 0 bridgehead atoms. The van der Waals surface area contributed by atoms with Crippen LogP contribution in [0, 0.1) is 23.4 Å². The van der Waals surface area contributed by atoms with Crippen LogP contribution in [0.4, 0.5) is 18.9 Å². The number of benzene rings is 1. The zero-order valence-corrected chi connectivity index (χ0v) is 18.3. The van der Waals surface area contributed by atoms with Gasteiger partial charge in [-0.05, 0) is 25.0 Å². The number of aromatic nitrogens is 2. The fourth-order valence-electron chi connectivity index (χ4n) is 5.26. The summed E-state index contributed by atoms with van der Waals surface area (Å²) in [7, 11) is 0. The van der Waals surface area contributed by atoms with E-state index in [0.717, 1.165) is 18.9 Å². The highest BCUT2D eigenvalue weighted by Gasteiger charge is 2.47. The normalized spacial score (nSPS) is 26.9. The second kappa shape index (κ2) is 8.44. The zero-order chi connectivity index (χ0) is 23.4. The minimum Gasteiger partial charge on any atom is -0.473 e. The van der Waals surface area contributed by atoms with Crippen LogP contribution in [-0.2, 0) is 9.47 Å². The molecule has 1 aliphatic carbocycles. The van der Waals surface area contributed by atoms with Crippen molar-refractivity contribution < 1.29 is 32.5 Å². The molecule has 6 rings (SSSR count). The van der Waals surface area contributed by atoms with E-state index >= 15 is 0 Å². The number of aliphatic hydroxyl groups excluding tert-OH is 1. The van der Waals surface area contributed by atoms with Gasteiger partial charge in [-0.3, -0.25) is 0 Å². The van der Waals surface area contributed by atoms with Gasteiger partial charge in [0.25, 0.3) is 0 Å². The minimum atomic E-state index is -0.881. The summed E-state index contributed by atoms with van der Waals surface area (Å²) in [5.74, 6) is -2.20. The fourth-order valence-corrected chi connectivity index (χ4v) is 5.26. The second-order valence-corrected chi connectivity index (χ2v) is 9.03. The number of pyridine rings is 1. The van der Waals surface area contributed by atoms with Gasteiger partial charge < -0.3 is 29.2 Å². The summed E-state index contributed by atoms with van der Waals surface area (Å²) in [4.78, 5) is 9.00. The van der Waals surface area contributed by atoms with Crippen LogP contribution in [0.1, 0.15) is 12.8 Å². The number of fused-ring (bicyclic) bond motifs is 2. The van der Waals surface area contributed by atoms with Gasteiger partial charge in [-0.2, -0.15) is 0 Å². The fraction of sp³-hybridized carbons (Fsp3) is 0.458. The Morgan fingerprint density at radius 2 is 1.79 bits per heavy atom. The van der Waals surface area contributed by atoms with E-state index in [1.807, 2.05) is 4.90 Å². The Balaban J connectivity index is 1.29. The van der Waals surface area contributed by atoms with Crippen LogP contribution in [0.5, 0.6) is 5.88 Å². The molecule has 2 aliphatic heterocycles. The highest BCUT2D eigenvalue weighted by molar-refractivity contribution is 5.81. The van der Waals surface area contributed by atoms with Gasteiger partial charge in [0.15, 0.2) is 11.7 Å². The molecule has 0 radical (unpaired) electrons. The van der Waals surface area contributed by atoms with Gasteiger partial charge in [0.05, 0.1) is 48.6 Å². The third-order valence-corrected chi connectivity index (χ3v) is 6.98. The molecule has 1 unspecified atom stereocenters. The predicted molar refractivity (Wildman–Crippen MR) is 117 cm³/mol. The predicted octanol–water partition coefficient (Wildman–Crippen LogP) is 3.40. The Morgan fingerprint density at radius 1 is 1.03 bits per heavy atom. The summed E-state index contributed by atoms with van der Waals surface area (Å²) >= 11 is 0. The van der Waals surface area contributed by atoms with Crippen LogP contribution in [0.3, 0.4) is 0 Å².